The monoisotopic (exact) mass is 339 g/mol. The summed E-state index contributed by atoms with van der Waals surface area (Å²) < 4.78 is 0.817. The number of rotatable bonds is 1. The van der Waals surface area contributed by atoms with Crippen molar-refractivity contribution in [3.63, 3.8) is 0 Å². The summed E-state index contributed by atoms with van der Waals surface area (Å²) in [5.41, 5.74) is 6.41. The average molecular weight is 341 g/mol. The van der Waals surface area contributed by atoms with Gasteiger partial charge in [0.1, 0.15) is 5.82 Å². The molecule has 0 spiro atoms. The molecule has 0 radical (unpaired) electrons. The van der Waals surface area contributed by atoms with Crippen molar-refractivity contribution in [3.8, 4) is 11.4 Å². The molecule has 1 aromatic carbocycles. The minimum absolute atomic E-state index is 0.0304. The van der Waals surface area contributed by atoms with E-state index in [-0.39, 0.29) is 22.7 Å². The number of hydrogen-bond acceptors (Lipinski definition) is 4. The van der Waals surface area contributed by atoms with E-state index in [0.717, 1.165) is 10.0 Å². The second kappa shape index (κ2) is 4.36. The van der Waals surface area contributed by atoms with Gasteiger partial charge in [-0.3, -0.25) is 9.78 Å². The third-order valence-electron chi connectivity index (χ3n) is 2.52. The van der Waals surface area contributed by atoms with E-state index >= 15 is 0 Å². The first-order valence-corrected chi connectivity index (χ1v) is 6.42. The van der Waals surface area contributed by atoms with Crippen LogP contribution >= 0.6 is 27.5 Å². The molecule has 0 aliphatic carbocycles. The number of nitrogen functional groups attached to an aromatic ring is 1. The molecule has 0 unspecified atom stereocenters. The molecule has 6 nitrogen and oxygen atoms in total. The van der Waals surface area contributed by atoms with E-state index in [0.29, 0.717) is 10.8 Å². The Morgan fingerprint density at radius 3 is 2.74 bits per heavy atom. The molecule has 3 rings (SSSR count). The van der Waals surface area contributed by atoms with Crippen molar-refractivity contribution >= 4 is 44.6 Å². The van der Waals surface area contributed by atoms with E-state index in [4.69, 9.17) is 17.3 Å². The highest BCUT2D eigenvalue weighted by atomic mass is 79.9. The molecule has 0 aliphatic rings. The van der Waals surface area contributed by atoms with Crippen LogP contribution in [0.5, 0.6) is 0 Å². The minimum atomic E-state index is -0.359. The van der Waals surface area contributed by atoms with Crippen LogP contribution in [-0.2, 0) is 0 Å². The van der Waals surface area contributed by atoms with Crippen molar-refractivity contribution in [2.75, 3.05) is 5.73 Å². The lowest BCUT2D eigenvalue weighted by molar-refractivity contribution is 1.17. The van der Waals surface area contributed by atoms with Gasteiger partial charge in [-0.2, -0.15) is 4.98 Å². The molecular formula is C11H7BrClN5O. The number of nitrogens with one attached hydrogen (secondary N) is 2. The second-order valence-electron chi connectivity index (χ2n) is 3.89. The van der Waals surface area contributed by atoms with Crippen LogP contribution in [0, 0.1) is 0 Å². The van der Waals surface area contributed by atoms with Gasteiger partial charge in [0.2, 0.25) is 5.95 Å². The maximum absolute atomic E-state index is 11.7. The molecule has 0 saturated heterocycles. The van der Waals surface area contributed by atoms with Crippen LogP contribution in [0.1, 0.15) is 0 Å². The molecule has 19 heavy (non-hydrogen) atoms. The zero-order valence-corrected chi connectivity index (χ0v) is 11.7. The topological polar surface area (TPSA) is 100 Å². The minimum Gasteiger partial charge on any atom is -0.369 e. The first-order valence-electron chi connectivity index (χ1n) is 5.25. The molecule has 3 aromatic rings. The third kappa shape index (κ3) is 2.22. The predicted molar refractivity (Wildman–Crippen MR) is 77.1 cm³/mol. The van der Waals surface area contributed by atoms with Crippen LogP contribution in [0.25, 0.3) is 22.6 Å². The molecular weight excluding hydrogens is 334 g/mol. The Kier molecular flexibility index (Phi) is 2.79. The number of aromatic amines is 2. The zero-order valence-electron chi connectivity index (χ0n) is 9.37. The van der Waals surface area contributed by atoms with E-state index in [9.17, 15) is 4.79 Å². The fraction of sp³-hybridized carbons (Fsp3) is 0. The van der Waals surface area contributed by atoms with Gasteiger partial charge in [-0.1, -0.05) is 27.5 Å². The van der Waals surface area contributed by atoms with Gasteiger partial charge in [0, 0.05) is 15.1 Å². The summed E-state index contributed by atoms with van der Waals surface area (Å²) in [6.45, 7) is 0. The van der Waals surface area contributed by atoms with Crippen LogP contribution in [-0.4, -0.2) is 19.9 Å². The van der Waals surface area contributed by atoms with Crippen LogP contribution in [0.2, 0.25) is 5.02 Å². The number of imidazole rings is 1. The smallest absolute Gasteiger partial charge is 0.278 e. The van der Waals surface area contributed by atoms with E-state index in [1.54, 1.807) is 12.1 Å². The molecule has 8 heteroatoms. The highest BCUT2D eigenvalue weighted by Crippen LogP contribution is 2.26. The number of anilines is 1. The number of benzene rings is 1. The molecule has 0 bridgehead atoms. The Morgan fingerprint density at radius 2 is 2.00 bits per heavy atom. The zero-order chi connectivity index (χ0) is 13.6. The molecule has 4 N–H and O–H groups in total. The third-order valence-corrected chi connectivity index (χ3v) is 3.19. The van der Waals surface area contributed by atoms with E-state index in [1.807, 2.05) is 6.07 Å². The number of nitrogens with two attached hydrogens (primary N) is 1. The first kappa shape index (κ1) is 12.2. The van der Waals surface area contributed by atoms with E-state index < -0.39 is 0 Å². The van der Waals surface area contributed by atoms with Crippen LogP contribution in [0.15, 0.2) is 27.5 Å². The molecule has 0 aliphatic heterocycles. The van der Waals surface area contributed by atoms with Gasteiger partial charge in [-0.15, -0.1) is 0 Å². The van der Waals surface area contributed by atoms with Crippen molar-refractivity contribution < 1.29 is 0 Å². The highest BCUT2D eigenvalue weighted by molar-refractivity contribution is 9.10. The molecule has 0 saturated carbocycles. The lowest BCUT2D eigenvalue weighted by Crippen LogP contribution is -2.10. The number of aromatic nitrogens is 4. The fourth-order valence-corrected chi connectivity index (χ4v) is 2.61. The van der Waals surface area contributed by atoms with Crippen molar-refractivity contribution in [3.05, 3.63) is 38.0 Å². The SMILES string of the molecule is Nc1nc2nc(-c3cc(Cl)cc(Br)c3)[nH]c2c(=O)[nH]1. The van der Waals surface area contributed by atoms with Gasteiger partial charge >= 0.3 is 0 Å². The molecule has 0 atom stereocenters. The molecule has 2 heterocycles. The normalized spacial score (nSPS) is 11.1. The van der Waals surface area contributed by atoms with Crippen molar-refractivity contribution in [1.29, 1.82) is 0 Å². The van der Waals surface area contributed by atoms with Gasteiger partial charge in [0.05, 0.1) is 0 Å². The van der Waals surface area contributed by atoms with Crippen LogP contribution < -0.4 is 11.3 Å². The summed E-state index contributed by atoms with van der Waals surface area (Å²) in [7, 11) is 0. The average Bonchev–Trinajstić information content (AvgIpc) is 2.71. The molecule has 0 amide bonds. The number of H-pyrrole nitrogens is 2. The number of hydrogen-bond donors (Lipinski definition) is 3. The first-order chi connectivity index (χ1) is 9.02. The number of nitrogens with zero attached hydrogens (tertiary/aromatic N) is 2. The number of fused-ring (bicyclic) bond motifs is 1. The fourth-order valence-electron chi connectivity index (χ4n) is 1.75. The molecule has 2 aromatic heterocycles. The van der Waals surface area contributed by atoms with Gasteiger partial charge in [-0.25, -0.2) is 4.98 Å². The van der Waals surface area contributed by atoms with Crippen molar-refractivity contribution in [2.24, 2.45) is 0 Å². The Labute approximate surface area is 120 Å². The maximum Gasteiger partial charge on any atom is 0.278 e. The highest BCUT2D eigenvalue weighted by Gasteiger charge is 2.11. The number of halogens is 2. The van der Waals surface area contributed by atoms with Gasteiger partial charge < -0.3 is 10.7 Å². The summed E-state index contributed by atoms with van der Waals surface area (Å²) in [4.78, 5) is 25.2. The van der Waals surface area contributed by atoms with E-state index in [2.05, 4.69) is 35.9 Å². The maximum atomic E-state index is 11.7. The predicted octanol–water partition coefficient (Wildman–Crippen LogP) is 2.31. The Hall–Kier alpha value is -1.86. The van der Waals surface area contributed by atoms with Crippen molar-refractivity contribution in [2.45, 2.75) is 0 Å². The van der Waals surface area contributed by atoms with Crippen LogP contribution in [0.4, 0.5) is 5.95 Å². The van der Waals surface area contributed by atoms with E-state index in [1.165, 1.54) is 0 Å². The Bertz CT molecular complexity index is 820. The van der Waals surface area contributed by atoms with Crippen molar-refractivity contribution in [1.82, 2.24) is 19.9 Å². The molecule has 0 fully saturated rings. The quantitative estimate of drug-likeness (QED) is 0.633. The van der Waals surface area contributed by atoms with Gasteiger partial charge in [0.25, 0.3) is 5.56 Å². The largest absolute Gasteiger partial charge is 0.369 e. The van der Waals surface area contributed by atoms with Gasteiger partial charge in [-0.05, 0) is 18.2 Å². The summed E-state index contributed by atoms with van der Waals surface area (Å²) >= 11 is 9.33. The standard InChI is InChI=1S/C11H7BrClN5O/c12-5-1-4(2-6(13)3-5)8-15-7-9(16-8)17-11(14)18-10(7)19/h1-3H,(H4,14,15,16,17,18,19). The summed E-state index contributed by atoms with van der Waals surface area (Å²) in [6.07, 6.45) is 0. The Balaban J connectivity index is 2.26. The lowest BCUT2D eigenvalue weighted by atomic mass is 10.2. The van der Waals surface area contributed by atoms with Gasteiger partial charge in [0.15, 0.2) is 11.2 Å². The second-order valence-corrected chi connectivity index (χ2v) is 5.25. The lowest BCUT2D eigenvalue weighted by Gasteiger charge is -1.98. The summed E-state index contributed by atoms with van der Waals surface area (Å²) in [6, 6.07) is 5.33. The molecule has 96 valence electrons. The summed E-state index contributed by atoms with van der Waals surface area (Å²) in [5, 5.41) is 0.561. The van der Waals surface area contributed by atoms with Crippen LogP contribution in [0.3, 0.4) is 0 Å². The summed E-state index contributed by atoms with van der Waals surface area (Å²) in [5.74, 6) is 0.532. The Morgan fingerprint density at radius 1 is 1.21 bits per heavy atom.